The van der Waals surface area contributed by atoms with Crippen LogP contribution in [0.5, 0.6) is 5.75 Å². The smallest absolute Gasteiger partial charge is 0.406 e. The second-order valence-electron chi connectivity index (χ2n) is 6.54. The van der Waals surface area contributed by atoms with Crippen molar-refractivity contribution in [1.82, 2.24) is 10.2 Å². The molecule has 0 bridgehead atoms. The first-order valence-corrected chi connectivity index (χ1v) is 9.51. The average Bonchev–Trinajstić information content (AvgIpc) is 2.63. The fourth-order valence-electron chi connectivity index (χ4n) is 3.31. The molecule has 1 aliphatic rings. The summed E-state index contributed by atoms with van der Waals surface area (Å²) in [7, 11) is 0. The van der Waals surface area contributed by atoms with Gasteiger partial charge < -0.3 is 10.1 Å². The van der Waals surface area contributed by atoms with Crippen molar-refractivity contribution >= 4 is 15.9 Å². The van der Waals surface area contributed by atoms with Crippen molar-refractivity contribution < 1.29 is 31.1 Å². The first kappa shape index (κ1) is 21.9. The Balaban J connectivity index is 2.02. The Morgan fingerprint density at radius 1 is 0.931 bits per heavy atom. The van der Waals surface area contributed by atoms with Crippen LogP contribution >= 0.6 is 15.9 Å². The Bertz CT molecular complexity index is 832. The third-order valence-corrected chi connectivity index (χ3v) is 5.29. The highest BCUT2D eigenvalue weighted by Crippen LogP contribution is 2.39. The summed E-state index contributed by atoms with van der Waals surface area (Å²) < 4.78 is 81.4. The highest BCUT2D eigenvalue weighted by molar-refractivity contribution is 9.10. The van der Waals surface area contributed by atoms with Gasteiger partial charge in [0, 0.05) is 30.7 Å². The van der Waals surface area contributed by atoms with Crippen LogP contribution in [0.25, 0.3) is 0 Å². The van der Waals surface area contributed by atoms with Gasteiger partial charge in [0.1, 0.15) is 5.75 Å². The average molecular weight is 483 g/mol. The highest BCUT2D eigenvalue weighted by Gasteiger charge is 2.34. The van der Waals surface area contributed by atoms with Crippen LogP contribution in [0, 0.1) is 0 Å². The minimum Gasteiger partial charge on any atom is -0.406 e. The summed E-state index contributed by atoms with van der Waals surface area (Å²) in [5.41, 5.74) is 0.181. The number of rotatable bonds is 4. The lowest BCUT2D eigenvalue weighted by Crippen LogP contribution is -2.45. The van der Waals surface area contributed by atoms with Crippen LogP contribution in [-0.4, -0.2) is 37.4 Å². The van der Waals surface area contributed by atoms with Gasteiger partial charge in [0.2, 0.25) is 0 Å². The predicted molar refractivity (Wildman–Crippen MR) is 98.6 cm³/mol. The molecule has 0 aromatic heterocycles. The van der Waals surface area contributed by atoms with Crippen molar-refractivity contribution in [1.29, 1.82) is 0 Å². The molecule has 3 nitrogen and oxygen atoms in total. The van der Waals surface area contributed by atoms with Crippen molar-refractivity contribution in [2.45, 2.75) is 18.6 Å². The molecular formula is C19H17BrF6N2O. The summed E-state index contributed by atoms with van der Waals surface area (Å²) in [5, 5.41) is 3.18. The van der Waals surface area contributed by atoms with E-state index in [9.17, 15) is 26.3 Å². The number of benzene rings is 2. The minimum absolute atomic E-state index is 0.386. The van der Waals surface area contributed by atoms with E-state index in [0.717, 1.165) is 12.1 Å². The summed E-state index contributed by atoms with van der Waals surface area (Å²) in [4.78, 5) is 2.00. The van der Waals surface area contributed by atoms with Gasteiger partial charge in [-0.25, -0.2) is 0 Å². The van der Waals surface area contributed by atoms with E-state index in [2.05, 4.69) is 26.0 Å². The van der Waals surface area contributed by atoms with Gasteiger partial charge in [0.05, 0.1) is 11.6 Å². The van der Waals surface area contributed by atoms with E-state index >= 15 is 0 Å². The Hall–Kier alpha value is -1.78. The van der Waals surface area contributed by atoms with Crippen molar-refractivity contribution in [3.8, 4) is 5.75 Å². The summed E-state index contributed by atoms with van der Waals surface area (Å²) in [5.74, 6) is -0.386. The number of nitrogens with zero attached hydrogens (tertiary/aromatic N) is 1. The maximum atomic E-state index is 13.3. The van der Waals surface area contributed by atoms with E-state index in [1.54, 1.807) is 0 Å². The second-order valence-corrected chi connectivity index (χ2v) is 7.39. The number of alkyl halides is 6. The minimum atomic E-state index is -4.82. The molecule has 10 heteroatoms. The molecule has 0 radical (unpaired) electrons. The fourth-order valence-corrected chi connectivity index (χ4v) is 3.77. The van der Waals surface area contributed by atoms with Crippen molar-refractivity contribution in [2.24, 2.45) is 0 Å². The summed E-state index contributed by atoms with van der Waals surface area (Å²) in [6.07, 6.45) is -9.32. The first-order valence-electron chi connectivity index (χ1n) is 8.72. The Morgan fingerprint density at radius 3 is 2.10 bits per heavy atom. The molecule has 2 aromatic carbocycles. The molecule has 0 unspecified atom stereocenters. The van der Waals surface area contributed by atoms with E-state index in [1.165, 1.54) is 30.3 Å². The summed E-state index contributed by atoms with van der Waals surface area (Å²) in [6.45, 7) is 2.47. The van der Waals surface area contributed by atoms with Crippen LogP contribution in [0.3, 0.4) is 0 Å². The fraction of sp³-hybridized carbons (Fsp3) is 0.368. The molecule has 3 rings (SSSR count). The maximum absolute atomic E-state index is 13.3. The molecular weight excluding hydrogens is 466 g/mol. The Labute approximate surface area is 171 Å². The van der Waals surface area contributed by atoms with Crippen molar-refractivity contribution in [2.75, 3.05) is 26.2 Å². The van der Waals surface area contributed by atoms with Gasteiger partial charge in [0.15, 0.2) is 0 Å². The summed E-state index contributed by atoms with van der Waals surface area (Å²) in [6, 6.07) is 8.07. The second kappa shape index (κ2) is 8.53. The highest BCUT2D eigenvalue weighted by atomic mass is 79.9. The molecule has 1 atom stereocenters. The molecule has 1 saturated heterocycles. The standard InChI is InChI=1S/C19H17BrF6N2O/c20-16-6-3-13(18(21,22)23)11-15(16)17(28-9-7-27-8-10-28)12-1-4-14(5-2-12)29-19(24,25)26/h1-6,11,17,27H,7-10H2/t17-/m1/s1. The Morgan fingerprint density at radius 2 is 1.55 bits per heavy atom. The molecule has 1 N–H and O–H groups in total. The zero-order chi connectivity index (χ0) is 21.2. The van der Waals surface area contributed by atoms with Gasteiger partial charge in [-0.05, 0) is 41.5 Å². The number of hydrogen-bond acceptors (Lipinski definition) is 3. The normalized spacial score (nSPS) is 17.2. The molecule has 29 heavy (non-hydrogen) atoms. The van der Waals surface area contributed by atoms with Crippen LogP contribution < -0.4 is 10.1 Å². The molecule has 158 valence electrons. The van der Waals surface area contributed by atoms with Gasteiger partial charge in [-0.15, -0.1) is 13.2 Å². The zero-order valence-electron chi connectivity index (χ0n) is 14.9. The van der Waals surface area contributed by atoms with Gasteiger partial charge >= 0.3 is 12.5 Å². The van der Waals surface area contributed by atoms with Crippen LogP contribution in [0.1, 0.15) is 22.7 Å². The van der Waals surface area contributed by atoms with Gasteiger partial charge in [-0.1, -0.05) is 28.1 Å². The number of piperazine rings is 1. The van der Waals surface area contributed by atoms with Crippen LogP contribution in [-0.2, 0) is 6.18 Å². The number of nitrogens with one attached hydrogen (secondary N) is 1. The van der Waals surface area contributed by atoms with Crippen LogP contribution in [0.2, 0.25) is 0 Å². The van der Waals surface area contributed by atoms with Crippen molar-refractivity contribution in [3.63, 3.8) is 0 Å². The molecule has 0 aliphatic carbocycles. The summed E-state index contributed by atoms with van der Waals surface area (Å²) >= 11 is 3.33. The third-order valence-electron chi connectivity index (χ3n) is 4.56. The van der Waals surface area contributed by atoms with E-state index < -0.39 is 24.1 Å². The maximum Gasteiger partial charge on any atom is 0.573 e. The van der Waals surface area contributed by atoms with Crippen LogP contribution in [0.15, 0.2) is 46.9 Å². The van der Waals surface area contributed by atoms with E-state index in [0.29, 0.717) is 41.8 Å². The molecule has 1 heterocycles. The van der Waals surface area contributed by atoms with Gasteiger partial charge in [-0.3, -0.25) is 4.90 Å². The lowest BCUT2D eigenvalue weighted by molar-refractivity contribution is -0.274. The molecule has 0 amide bonds. The molecule has 0 saturated carbocycles. The zero-order valence-corrected chi connectivity index (χ0v) is 16.5. The number of ether oxygens (including phenoxy) is 1. The molecule has 0 spiro atoms. The van der Waals surface area contributed by atoms with E-state index in [1.807, 2.05) is 4.90 Å². The molecule has 1 fully saturated rings. The SMILES string of the molecule is FC(F)(F)Oc1ccc([C@H](c2cc(C(F)(F)F)ccc2Br)N2CCNCC2)cc1. The Kier molecular flexibility index (Phi) is 6.45. The van der Waals surface area contributed by atoms with Gasteiger partial charge in [-0.2, -0.15) is 13.2 Å². The predicted octanol–water partition coefficient (Wildman–Crippen LogP) is 5.36. The van der Waals surface area contributed by atoms with Crippen molar-refractivity contribution in [3.05, 3.63) is 63.6 Å². The lowest BCUT2D eigenvalue weighted by atomic mass is 9.94. The number of hydrogen-bond donors (Lipinski definition) is 1. The molecule has 1 aliphatic heterocycles. The quantitative estimate of drug-likeness (QED) is 0.593. The largest absolute Gasteiger partial charge is 0.573 e. The van der Waals surface area contributed by atoms with Crippen LogP contribution in [0.4, 0.5) is 26.3 Å². The van der Waals surface area contributed by atoms with E-state index in [-0.39, 0.29) is 5.75 Å². The third kappa shape index (κ3) is 5.64. The van der Waals surface area contributed by atoms with E-state index in [4.69, 9.17) is 0 Å². The van der Waals surface area contributed by atoms with Gasteiger partial charge in [0.25, 0.3) is 0 Å². The monoisotopic (exact) mass is 482 g/mol. The molecule has 2 aromatic rings. The topological polar surface area (TPSA) is 24.5 Å². The first-order chi connectivity index (χ1) is 13.5. The number of halogens is 7. The lowest BCUT2D eigenvalue weighted by Gasteiger charge is -2.36.